The number of pyridine rings is 1. The number of aliphatic hydroxyl groups is 1. The van der Waals surface area contributed by atoms with Gasteiger partial charge in [0.25, 0.3) is 0 Å². The Hall–Kier alpha value is -1.13. The monoisotopic (exact) mass is 235 g/mol. The topological polar surface area (TPSA) is 48.4 Å². The lowest BCUT2D eigenvalue weighted by Gasteiger charge is -2.30. The van der Waals surface area contributed by atoms with E-state index >= 15 is 0 Å². The molecule has 0 saturated carbocycles. The maximum Gasteiger partial charge on any atom is 0.130 e. The maximum atomic E-state index is 9.66. The fourth-order valence-electron chi connectivity index (χ4n) is 2.31. The quantitative estimate of drug-likeness (QED) is 0.829. The zero-order valence-electron chi connectivity index (χ0n) is 10.4. The van der Waals surface area contributed by atoms with E-state index in [0.29, 0.717) is 0 Å². The van der Waals surface area contributed by atoms with E-state index in [2.05, 4.69) is 28.2 Å². The summed E-state index contributed by atoms with van der Waals surface area (Å²) in [6.45, 7) is 5.67. The number of hydrogen-bond donors (Lipinski definition) is 2. The molecule has 4 nitrogen and oxygen atoms in total. The van der Waals surface area contributed by atoms with Crippen LogP contribution in [0.2, 0.25) is 0 Å². The van der Waals surface area contributed by atoms with Gasteiger partial charge in [-0.15, -0.1) is 0 Å². The van der Waals surface area contributed by atoms with E-state index in [1.165, 1.54) is 5.56 Å². The van der Waals surface area contributed by atoms with Crippen molar-refractivity contribution in [1.82, 2.24) is 9.88 Å². The average molecular weight is 235 g/mol. The van der Waals surface area contributed by atoms with Crippen LogP contribution in [-0.2, 0) is 6.54 Å². The van der Waals surface area contributed by atoms with Crippen LogP contribution in [0.1, 0.15) is 25.3 Å². The molecule has 4 heteroatoms. The second-order valence-electron chi connectivity index (χ2n) is 4.57. The highest BCUT2D eigenvalue weighted by atomic mass is 16.3. The Labute approximate surface area is 103 Å². The van der Waals surface area contributed by atoms with Crippen LogP contribution in [0.25, 0.3) is 0 Å². The Morgan fingerprint density at radius 2 is 2.47 bits per heavy atom. The van der Waals surface area contributed by atoms with E-state index in [9.17, 15) is 5.11 Å². The van der Waals surface area contributed by atoms with Gasteiger partial charge in [-0.3, -0.25) is 4.90 Å². The highest BCUT2D eigenvalue weighted by molar-refractivity contribution is 5.43. The van der Waals surface area contributed by atoms with Gasteiger partial charge in [-0.2, -0.15) is 0 Å². The van der Waals surface area contributed by atoms with Crippen LogP contribution in [0.3, 0.4) is 0 Å². The van der Waals surface area contributed by atoms with Gasteiger partial charge in [0.05, 0.1) is 6.10 Å². The molecular formula is C13H21N3O. The van der Waals surface area contributed by atoms with Crippen molar-refractivity contribution in [2.24, 2.45) is 0 Å². The SMILES string of the molecule is CCNc1ncccc1CN1CCCC(O)C1. The van der Waals surface area contributed by atoms with Gasteiger partial charge in [-0.05, 0) is 32.4 Å². The van der Waals surface area contributed by atoms with Gasteiger partial charge in [-0.1, -0.05) is 6.07 Å². The number of nitrogens with one attached hydrogen (secondary N) is 1. The predicted octanol–water partition coefficient (Wildman–Crippen LogP) is 1.47. The van der Waals surface area contributed by atoms with Crippen LogP contribution in [0, 0.1) is 0 Å². The van der Waals surface area contributed by atoms with Crippen molar-refractivity contribution in [2.45, 2.75) is 32.4 Å². The molecule has 17 heavy (non-hydrogen) atoms. The Balaban J connectivity index is 2.01. The fourth-order valence-corrected chi connectivity index (χ4v) is 2.31. The molecule has 2 rings (SSSR count). The Morgan fingerprint density at radius 3 is 3.24 bits per heavy atom. The number of aliphatic hydroxyl groups excluding tert-OH is 1. The number of rotatable bonds is 4. The molecule has 2 N–H and O–H groups in total. The first-order valence-corrected chi connectivity index (χ1v) is 6.37. The summed E-state index contributed by atoms with van der Waals surface area (Å²) in [5.41, 5.74) is 1.21. The standard InChI is InChI=1S/C13H21N3O/c1-2-14-13-11(5-3-7-15-13)9-16-8-4-6-12(17)10-16/h3,5,7,12,17H,2,4,6,8-10H2,1H3,(H,14,15). The molecule has 0 aromatic carbocycles. The highest BCUT2D eigenvalue weighted by Gasteiger charge is 2.18. The zero-order chi connectivity index (χ0) is 12.1. The summed E-state index contributed by atoms with van der Waals surface area (Å²) in [5.74, 6) is 0.968. The van der Waals surface area contributed by atoms with Crippen molar-refractivity contribution in [1.29, 1.82) is 0 Å². The Kier molecular flexibility index (Phi) is 4.34. The first kappa shape index (κ1) is 12.3. The maximum absolute atomic E-state index is 9.66. The van der Waals surface area contributed by atoms with Gasteiger partial charge in [0.2, 0.25) is 0 Å². The minimum atomic E-state index is -0.164. The second-order valence-corrected chi connectivity index (χ2v) is 4.57. The van der Waals surface area contributed by atoms with Crippen molar-refractivity contribution in [2.75, 3.05) is 25.0 Å². The van der Waals surface area contributed by atoms with Crippen LogP contribution >= 0.6 is 0 Å². The third-order valence-corrected chi connectivity index (χ3v) is 3.11. The molecule has 0 radical (unpaired) electrons. The third-order valence-electron chi connectivity index (χ3n) is 3.11. The number of anilines is 1. The second kappa shape index (κ2) is 5.98. The summed E-state index contributed by atoms with van der Waals surface area (Å²) >= 11 is 0. The van der Waals surface area contributed by atoms with Gasteiger partial charge in [0, 0.05) is 31.4 Å². The summed E-state index contributed by atoms with van der Waals surface area (Å²) < 4.78 is 0. The van der Waals surface area contributed by atoms with E-state index in [4.69, 9.17) is 0 Å². The van der Waals surface area contributed by atoms with Crippen LogP contribution in [0.15, 0.2) is 18.3 Å². The molecule has 2 heterocycles. The minimum absolute atomic E-state index is 0.164. The first-order valence-electron chi connectivity index (χ1n) is 6.37. The van der Waals surface area contributed by atoms with Crippen molar-refractivity contribution < 1.29 is 5.11 Å². The van der Waals surface area contributed by atoms with Gasteiger partial charge in [-0.25, -0.2) is 4.98 Å². The lowest BCUT2D eigenvalue weighted by atomic mass is 10.1. The van der Waals surface area contributed by atoms with Crippen molar-refractivity contribution in [3.8, 4) is 0 Å². The number of β-amino-alcohol motifs (C(OH)–C–C–N with tert-alkyl or cyclic N) is 1. The number of hydrogen-bond acceptors (Lipinski definition) is 4. The smallest absolute Gasteiger partial charge is 0.130 e. The molecule has 1 aliphatic heterocycles. The minimum Gasteiger partial charge on any atom is -0.392 e. The largest absolute Gasteiger partial charge is 0.392 e. The fraction of sp³-hybridized carbons (Fsp3) is 0.615. The van der Waals surface area contributed by atoms with Gasteiger partial charge in [0.1, 0.15) is 5.82 Å². The molecule has 0 amide bonds. The van der Waals surface area contributed by atoms with Crippen LogP contribution in [-0.4, -0.2) is 40.7 Å². The molecule has 0 aliphatic carbocycles. The van der Waals surface area contributed by atoms with Gasteiger partial charge >= 0.3 is 0 Å². The van der Waals surface area contributed by atoms with Crippen LogP contribution in [0.5, 0.6) is 0 Å². The third kappa shape index (κ3) is 3.41. The molecule has 1 aromatic heterocycles. The summed E-state index contributed by atoms with van der Waals surface area (Å²) in [6, 6.07) is 4.07. The van der Waals surface area contributed by atoms with Crippen molar-refractivity contribution in [3.05, 3.63) is 23.9 Å². The lowest BCUT2D eigenvalue weighted by molar-refractivity contribution is 0.0669. The molecular weight excluding hydrogens is 214 g/mol. The molecule has 1 unspecified atom stereocenters. The normalized spacial score (nSPS) is 21.4. The summed E-state index contributed by atoms with van der Waals surface area (Å²) in [6.07, 6.45) is 3.66. The molecule has 1 fully saturated rings. The predicted molar refractivity (Wildman–Crippen MR) is 68.9 cm³/mol. The van der Waals surface area contributed by atoms with Crippen LogP contribution in [0.4, 0.5) is 5.82 Å². The zero-order valence-corrected chi connectivity index (χ0v) is 10.4. The van der Waals surface area contributed by atoms with Gasteiger partial charge < -0.3 is 10.4 Å². The number of piperidine rings is 1. The number of nitrogens with zero attached hydrogens (tertiary/aromatic N) is 2. The van der Waals surface area contributed by atoms with Crippen molar-refractivity contribution in [3.63, 3.8) is 0 Å². The van der Waals surface area contributed by atoms with E-state index in [-0.39, 0.29) is 6.10 Å². The van der Waals surface area contributed by atoms with Gasteiger partial charge in [0.15, 0.2) is 0 Å². The van der Waals surface area contributed by atoms with E-state index in [1.54, 1.807) is 0 Å². The first-order chi connectivity index (χ1) is 8.29. The van der Waals surface area contributed by atoms with E-state index in [1.807, 2.05) is 12.3 Å². The Bertz CT molecular complexity index is 356. The average Bonchev–Trinajstić information content (AvgIpc) is 2.32. The molecule has 1 saturated heterocycles. The Morgan fingerprint density at radius 1 is 1.59 bits per heavy atom. The highest BCUT2D eigenvalue weighted by Crippen LogP contribution is 2.17. The summed E-state index contributed by atoms with van der Waals surface area (Å²) in [7, 11) is 0. The summed E-state index contributed by atoms with van der Waals surface area (Å²) in [5, 5.41) is 12.9. The molecule has 1 aliphatic rings. The molecule has 0 spiro atoms. The van der Waals surface area contributed by atoms with E-state index in [0.717, 1.165) is 44.8 Å². The number of aromatic nitrogens is 1. The van der Waals surface area contributed by atoms with Crippen molar-refractivity contribution >= 4 is 5.82 Å². The molecule has 0 bridgehead atoms. The lowest BCUT2D eigenvalue weighted by Crippen LogP contribution is -2.37. The number of likely N-dealkylation sites (tertiary alicyclic amines) is 1. The van der Waals surface area contributed by atoms with E-state index < -0.39 is 0 Å². The molecule has 1 aromatic rings. The summed E-state index contributed by atoms with van der Waals surface area (Å²) in [4.78, 5) is 6.65. The molecule has 94 valence electrons. The molecule has 1 atom stereocenters. The van der Waals surface area contributed by atoms with Crippen LogP contribution < -0.4 is 5.32 Å².